The third kappa shape index (κ3) is 7.94. The average Bonchev–Trinajstić information content (AvgIpc) is 3.96. The molecule has 0 unspecified atom stereocenters. The number of ether oxygens (including phenoxy) is 2. The minimum absolute atomic E-state index is 0.0775. The Balaban J connectivity index is 1.23. The van der Waals surface area contributed by atoms with Crippen molar-refractivity contribution in [2.24, 2.45) is 5.92 Å². The van der Waals surface area contributed by atoms with E-state index in [9.17, 15) is 36.8 Å². The summed E-state index contributed by atoms with van der Waals surface area (Å²) >= 11 is 0. The Morgan fingerprint density at radius 3 is 2.33 bits per heavy atom. The summed E-state index contributed by atoms with van der Waals surface area (Å²) in [6, 6.07) is 5.33. The van der Waals surface area contributed by atoms with Crippen LogP contribution in [-0.2, 0) is 47.0 Å². The molecule has 0 bridgehead atoms. The highest BCUT2D eigenvalue weighted by Crippen LogP contribution is 2.48. The van der Waals surface area contributed by atoms with Crippen LogP contribution in [0.4, 0.5) is 14.0 Å². The molecular weight excluding hydrogens is 661 g/mol. The van der Waals surface area contributed by atoms with E-state index < -0.39 is 82.2 Å². The zero-order valence-corrected chi connectivity index (χ0v) is 28.2. The van der Waals surface area contributed by atoms with Gasteiger partial charge in [-0.05, 0) is 49.1 Å². The molecule has 0 spiro atoms. The van der Waals surface area contributed by atoms with Crippen LogP contribution in [-0.4, -0.2) is 96.9 Å². The molecule has 5 aliphatic rings. The number of sulfonamides is 1. The molecule has 4 fully saturated rings. The van der Waals surface area contributed by atoms with Crippen LogP contribution in [0.2, 0.25) is 0 Å². The van der Waals surface area contributed by atoms with Gasteiger partial charge in [-0.15, -0.1) is 0 Å². The maximum absolute atomic E-state index is 14.1. The predicted octanol–water partition coefficient (Wildman–Crippen LogP) is 2.40. The molecule has 2 aliphatic carbocycles. The molecule has 3 N–H and O–H groups in total. The standard InChI is InChI=1S/C33H44FN5O9S/c34-14-15-47-31(43)35-26-11-5-3-1-2-4-10-23-17-33(23,30(42)37-49(45,46)25-12-13-25)36-28(40)27-16-24(20-39(27)29(26)41)48-32(44)38-18-21-8-6-7-9-22(21)19-38/h6-9,23-27H,1-5,10-20H2,(H,35,43)(H,36,40)(H,37,42)/t23-,24-,26+,27+,33-/m1/s1. The smallest absolute Gasteiger partial charge is 0.410 e. The van der Waals surface area contributed by atoms with Gasteiger partial charge in [0.25, 0.3) is 5.91 Å². The van der Waals surface area contributed by atoms with Crippen molar-refractivity contribution in [2.75, 3.05) is 19.8 Å². The second-order valence-corrected chi connectivity index (χ2v) is 15.7. The van der Waals surface area contributed by atoms with Crippen molar-refractivity contribution in [3.05, 3.63) is 35.4 Å². The lowest BCUT2D eigenvalue weighted by atomic mass is 10.0. The molecule has 2 saturated carbocycles. The lowest BCUT2D eigenvalue weighted by molar-refractivity contribution is -0.141. The Morgan fingerprint density at radius 2 is 1.65 bits per heavy atom. The first kappa shape index (κ1) is 34.9. The summed E-state index contributed by atoms with van der Waals surface area (Å²) in [6.45, 7) is -0.830. The molecule has 0 aromatic heterocycles. The number of alkyl carbamates (subject to hydrolysis) is 1. The zero-order valence-electron chi connectivity index (χ0n) is 27.4. The number of hydrogen-bond donors (Lipinski definition) is 3. The molecule has 1 aromatic rings. The van der Waals surface area contributed by atoms with Crippen molar-refractivity contribution in [1.29, 1.82) is 0 Å². The summed E-state index contributed by atoms with van der Waals surface area (Å²) in [7, 11) is -3.89. The molecule has 2 saturated heterocycles. The van der Waals surface area contributed by atoms with Crippen molar-refractivity contribution >= 4 is 39.9 Å². The summed E-state index contributed by atoms with van der Waals surface area (Å²) < 4.78 is 51.0. The van der Waals surface area contributed by atoms with E-state index in [-0.39, 0.29) is 31.7 Å². The number of nitrogens with zero attached hydrogens (tertiary/aromatic N) is 2. The van der Waals surface area contributed by atoms with Crippen LogP contribution >= 0.6 is 0 Å². The van der Waals surface area contributed by atoms with Gasteiger partial charge in [0, 0.05) is 19.5 Å². The summed E-state index contributed by atoms with van der Waals surface area (Å²) in [5, 5.41) is 4.71. The van der Waals surface area contributed by atoms with Gasteiger partial charge < -0.3 is 25.0 Å². The van der Waals surface area contributed by atoms with Crippen molar-refractivity contribution < 1.29 is 46.3 Å². The number of nitrogens with one attached hydrogen (secondary N) is 3. The quantitative estimate of drug-likeness (QED) is 0.384. The Morgan fingerprint density at radius 1 is 0.980 bits per heavy atom. The van der Waals surface area contributed by atoms with Gasteiger partial charge in [0.05, 0.1) is 11.8 Å². The van der Waals surface area contributed by atoms with Gasteiger partial charge >= 0.3 is 12.2 Å². The first-order valence-electron chi connectivity index (χ1n) is 17.2. The van der Waals surface area contributed by atoms with Crippen molar-refractivity contribution in [3.8, 4) is 0 Å². The molecule has 5 atom stereocenters. The molecule has 268 valence electrons. The molecule has 14 nitrogen and oxygen atoms in total. The number of fused-ring (bicyclic) bond motifs is 3. The Labute approximate surface area is 284 Å². The molecule has 5 amide bonds. The Hall–Kier alpha value is -3.95. The third-order valence-electron chi connectivity index (χ3n) is 10.2. The minimum atomic E-state index is -3.89. The van der Waals surface area contributed by atoms with E-state index in [2.05, 4.69) is 15.4 Å². The molecule has 3 aliphatic heterocycles. The molecule has 49 heavy (non-hydrogen) atoms. The van der Waals surface area contributed by atoms with E-state index in [0.717, 1.165) is 36.8 Å². The monoisotopic (exact) mass is 705 g/mol. The minimum Gasteiger partial charge on any atom is -0.447 e. The molecule has 16 heteroatoms. The number of carbonyl (C=O) groups is 5. The topological polar surface area (TPSA) is 181 Å². The SMILES string of the molecule is O=C(N[C@H]1CCCCCCC[C@@H]2C[C@@]2(C(=O)NS(=O)(=O)C2CC2)NC(=O)[C@@H]2C[C@@H](OC(=O)N3Cc4ccccc4C3)CN2C1=O)OCCF. The van der Waals surface area contributed by atoms with Crippen LogP contribution in [0.3, 0.4) is 0 Å². The normalized spacial score (nSPS) is 28.9. The number of amides is 5. The van der Waals surface area contributed by atoms with Crippen LogP contribution in [0.25, 0.3) is 0 Å². The fourth-order valence-corrected chi connectivity index (χ4v) is 8.61. The summed E-state index contributed by atoms with van der Waals surface area (Å²) in [6.07, 6.45) is 3.22. The van der Waals surface area contributed by atoms with Gasteiger partial charge in [0.2, 0.25) is 21.8 Å². The lowest BCUT2D eigenvalue weighted by Crippen LogP contribution is -2.58. The second kappa shape index (κ2) is 14.5. The Kier molecular flexibility index (Phi) is 10.3. The second-order valence-electron chi connectivity index (χ2n) is 13.8. The molecule has 6 rings (SSSR count). The predicted molar refractivity (Wildman–Crippen MR) is 172 cm³/mol. The van der Waals surface area contributed by atoms with Gasteiger partial charge in [-0.1, -0.05) is 56.4 Å². The highest BCUT2D eigenvalue weighted by Gasteiger charge is 2.62. The van der Waals surface area contributed by atoms with Crippen LogP contribution < -0.4 is 15.4 Å². The lowest BCUT2D eigenvalue weighted by Gasteiger charge is -2.29. The van der Waals surface area contributed by atoms with Gasteiger partial charge in [0.1, 0.15) is 37.0 Å². The largest absolute Gasteiger partial charge is 0.447 e. The van der Waals surface area contributed by atoms with E-state index in [1.807, 2.05) is 24.3 Å². The fourth-order valence-electron chi connectivity index (χ4n) is 7.25. The molecule has 1 aromatic carbocycles. The highest BCUT2D eigenvalue weighted by atomic mass is 32.2. The first-order chi connectivity index (χ1) is 23.5. The number of halogens is 1. The number of alkyl halides is 1. The van der Waals surface area contributed by atoms with Crippen LogP contribution in [0, 0.1) is 5.92 Å². The van der Waals surface area contributed by atoms with Crippen molar-refractivity contribution in [1.82, 2.24) is 25.2 Å². The molecule has 3 heterocycles. The number of benzene rings is 1. The molecular formula is C33H44FN5O9S. The highest BCUT2D eigenvalue weighted by molar-refractivity contribution is 7.91. The summed E-state index contributed by atoms with van der Waals surface area (Å²) in [5.74, 6) is -2.37. The molecule has 0 radical (unpaired) electrons. The van der Waals surface area contributed by atoms with E-state index in [4.69, 9.17) is 9.47 Å². The Bertz CT molecular complexity index is 1550. The number of hydrogen-bond acceptors (Lipinski definition) is 9. The van der Waals surface area contributed by atoms with Crippen molar-refractivity contribution in [2.45, 2.75) is 113 Å². The van der Waals surface area contributed by atoms with Gasteiger partial charge in [0.15, 0.2) is 0 Å². The van der Waals surface area contributed by atoms with Gasteiger partial charge in [-0.25, -0.2) is 22.4 Å². The number of rotatable bonds is 7. The maximum atomic E-state index is 14.1. The summed E-state index contributed by atoms with van der Waals surface area (Å²) in [4.78, 5) is 70.3. The van der Waals surface area contributed by atoms with E-state index in [1.165, 1.54) is 9.80 Å². The van der Waals surface area contributed by atoms with Crippen LogP contribution in [0.1, 0.15) is 81.8 Å². The van der Waals surface area contributed by atoms with E-state index >= 15 is 0 Å². The van der Waals surface area contributed by atoms with Crippen LogP contribution in [0.15, 0.2) is 24.3 Å². The van der Waals surface area contributed by atoms with Gasteiger partial charge in [-0.3, -0.25) is 24.0 Å². The van der Waals surface area contributed by atoms with Gasteiger partial charge in [-0.2, -0.15) is 0 Å². The average molecular weight is 706 g/mol. The van der Waals surface area contributed by atoms with Crippen molar-refractivity contribution in [3.63, 3.8) is 0 Å². The van der Waals surface area contributed by atoms with E-state index in [1.54, 1.807) is 0 Å². The zero-order chi connectivity index (χ0) is 34.8. The first-order valence-corrected chi connectivity index (χ1v) is 18.8. The fraction of sp³-hybridized carbons (Fsp3) is 0.667. The number of carbonyl (C=O) groups excluding carboxylic acids is 5. The van der Waals surface area contributed by atoms with Crippen LogP contribution in [0.5, 0.6) is 0 Å². The third-order valence-corrected chi connectivity index (χ3v) is 12.0. The van der Waals surface area contributed by atoms with E-state index in [0.29, 0.717) is 38.8 Å². The maximum Gasteiger partial charge on any atom is 0.410 e. The summed E-state index contributed by atoms with van der Waals surface area (Å²) in [5.41, 5.74) is 0.526.